The molecule has 17 heavy (non-hydrogen) atoms. The zero-order chi connectivity index (χ0) is 12.1. The third-order valence-electron chi connectivity index (χ3n) is 2.70. The SMILES string of the molecule is Cc1cc(C)n(CCCNCc2ccn[nH]2)n1. The molecule has 0 aliphatic heterocycles. The lowest BCUT2D eigenvalue weighted by molar-refractivity contribution is 0.530. The van der Waals surface area contributed by atoms with Crippen LogP contribution in [0.15, 0.2) is 18.3 Å². The Kier molecular flexibility index (Phi) is 3.93. The first-order valence-electron chi connectivity index (χ1n) is 5.96. The number of nitrogens with zero attached hydrogens (tertiary/aromatic N) is 3. The Balaban J connectivity index is 1.65. The topological polar surface area (TPSA) is 58.5 Å². The van der Waals surface area contributed by atoms with Gasteiger partial charge in [-0.1, -0.05) is 0 Å². The fourth-order valence-corrected chi connectivity index (χ4v) is 1.86. The highest BCUT2D eigenvalue weighted by Crippen LogP contribution is 2.02. The molecule has 0 saturated heterocycles. The van der Waals surface area contributed by atoms with Gasteiger partial charge in [0.05, 0.1) is 5.69 Å². The van der Waals surface area contributed by atoms with Crippen molar-refractivity contribution in [1.29, 1.82) is 0 Å². The molecule has 0 unspecified atom stereocenters. The van der Waals surface area contributed by atoms with Gasteiger partial charge >= 0.3 is 0 Å². The van der Waals surface area contributed by atoms with Crippen molar-refractivity contribution in [3.63, 3.8) is 0 Å². The van der Waals surface area contributed by atoms with Gasteiger partial charge in [0.15, 0.2) is 0 Å². The molecule has 0 saturated carbocycles. The Morgan fingerprint density at radius 3 is 2.94 bits per heavy atom. The normalized spacial score (nSPS) is 10.9. The number of aromatic amines is 1. The number of hydrogen-bond donors (Lipinski definition) is 2. The maximum absolute atomic E-state index is 4.43. The molecule has 0 aliphatic carbocycles. The van der Waals surface area contributed by atoms with E-state index in [4.69, 9.17) is 0 Å². The molecule has 2 aromatic heterocycles. The lowest BCUT2D eigenvalue weighted by atomic mass is 10.3. The molecule has 2 rings (SSSR count). The summed E-state index contributed by atoms with van der Waals surface area (Å²) >= 11 is 0. The molecule has 5 nitrogen and oxygen atoms in total. The minimum Gasteiger partial charge on any atom is -0.311 e. The Morgan fingerprint density at radius 1 is 1.41 bits per heavy atom. The molecule has 0 bridgehead atoms. The summed E-state index contributed by atoms with van der Waals surface area (Å²) in [6, 6.07) is 4.09. The van der Waals surface area contributed by atoms with Crippen molar-refractivity contribution in [2.24, 2.45) is 0 Å². The van der Waals surface area contributed by atoms with Crippen molar-refractivity contribution in [1.82, 2.24) is 25.3 Å². The van der Waals surface area contributed by atoms with Crippen molar-refractivity contribution in [3.8, 4) is 0 Å². The Morgan fingerprint density at radius 2 is 2.29 bits per heavy atom. The van der Waals surface area contributed by atoms with Crippen LogP contribution in [0.1, 0.15) is 23.5 Å². The summed E-state index contributed by atoms with van der Waals surface area (Å²) in [5, 5.41) is 14.6. The minimum absolute atomic E-state index is 0.844. The van der Waals surface area contributed by atoms with E-state index in [2.05, 4.69) is 38.3 Å². The summed E-state index contributed by atoms with van der Waals surface area (Å²) in [4.78, 5) is 0. The highest BCUT2D eigenvalue weighted by molar-refractivity contribution is 5.06. The van der Waals surface area contributed by atoms with E-state index < -0.39 is 0 Å². The van der Waals surface area contributed by atoms with Crippen LogP contribution in [0, 0.1) is 13.8 Å². The van der Waals surface area contributed by atoms with Crippen molar-refractivity contribution in [3.05, 3.63) is 35.4 Å². The fourth-order valence-electron chi connectivity index (χ4n) is 1.86. The molecule has 0 radical (unpaired) electrons. The Hall–Kier alpha value is -1.62. The number of hydrogen-bond acceptors (Lipinski definition) is 3. The second-order valence-corrected chi connectivity index (χ2v) is 4.26. The fraction of sp³-hybridized carbons (Fsp3) is 0.500. The first-order chi connectivity index (χ1) is 8.25. The van der Waals surface area contributed by atoms with E-state index in [-0.39, 0.29) is 0 Å². The van der Waals surface area contributed by atoms with Gasteiger partial charge in [0, 0.05) is 30.7 Å². The lowest BCUT2D eigenvalue weighted by Gasteiger charge is -2.05. The number of nitrogens with one attached hydrogen (secondary N) is 2. The third kappa shape index (κ3) is 3.42. The molecular weight excluding hydrogens is 214 g/mol. The van der Waals surface area contributed by atoms with Gasteiger partial charge in [-0.05, 0) is 38.9 Å². The lowest BCUT2D eigenvalue weighted by Crippen LogP contribution is -2.17. The van der Waals surface area contributed by atoms with Crippen molar-refractivity contribution < 1.29 is 0 Å². The van der Waals surface area contributed by atoms with E-state index in [1.54, 1.807) is 6.20 Å². The molecule has 0 aliphatic rings. The number of aryl methyl sites for hydroxylation is 3. The van der Waals surface area contributed by atoms with Crippen LogP contribution < -0.4 is 5.32 Å². The molecule has 0 amide bonds. The van der Waals surface area contributed by atoms with Gasteiger partial charge in [0.25, 0.3) is 0 Å². The molecule has 2 aromatic rings. The number of aromatic nitrogens is 4. The molecule has 0 aromatic carbocycles. The average Bonchev–Trinajstić information content (AvgIpc) is 2.89. The Bertz CT molecular complexity index is 443. The molecular formula is C12H19N5. The zero-order valence-electron chi connectivity index (χ0n) is 10.4. The van der Waals surface area contributed by atoms with Gasteiger partial charge in [0.1, 0.15) is 0 Å². The summed E-state index contributed by atoms with van der Waals surface area (Å²) in [6.07, 6.45) is 2.85. The second kappa shape index (κ2) is 5.63. The van der Waals surface area contributed by atoms with Crippen molar-refractivity contribution in [2.45, 2.75) is 33.4 Å². The van der Waals surface area contributed by atoms with E-state index in [1.165, 1.54) is 5.69 Å². The predicted molar refractivity (Wildman–Crippen MR) is 66.6 cm³/mol. The van der Waals surface area contributed by atoms with Crippen LogP contribution in [-0.4, -0.2) is 26.5 Å². The summed E-state index contributed by atoms with van der Waals surface area (Å²) in [7, 11) is 0. The highest BCUT2D eigenvalue weighted by Gasteiger charge is 1.99. The molecule has 2 N–H and O–H groups in total. The summed E-state index contributed by atoms with van der Waals surface area (Å²) < 4.78 is 2.06. The van der Waals surface area contributed by atoms with Gasteiger partial charge in [-0.25, -0.2) is 0 Å². The van der Waals surface area contributed by atoms with Crippen LogP contribution in [0.3, 0.4) is 0 Å². The largest absolute Gasteiger partial charge is 0.311 e. The van der Waals surface area contributed by atoms with Crippen LogP contribution in [0.25, 0.3) is 0 Å². The highest BCUT2D eigenvalue weighted by atomic mass is 15.3. The van der Waals surface area contributed by atoms with Crippen LogP contribution in [0.2, 0.25) is 0 Å². The van der Waals surface area contributed by atoms with Gasteiger partial charge < -0.3 is 5.32 Å². The van der Waals surface area contributed by atoms with Crippen LogP contribution in [-0.2, 0) is 13.1 Å². The standard InChI is InChI=1S/C12H19N5/c1-10-8-11(2)17(16-10)7-3-5-13-9-12-4-6-14-15-12/h4,6,8,13H,3,5,7,9H2,1-2H3,(H,14,15). The van der Waals surface area contributed by atoms with Crippen molar-refractivity contribution in [2.75, 3.05) is 6.54 Å². The Labute approximate surface area is 101 Å². The summed E-state index contributed by atoms with van der Waals surface area (Å²) in [6.45, 7) is 6.92. The summed E-state index contributed by atoms with van der Waals surface area (Å²) in [5.74, 6) is 0. The predicted octanol–water partition coefficient (Wildman–Crippen LogP) is 1.40. The van der Waals surface area contributed by atoms with E-state index in [9.17, 15) is 0 Å². The van der Waals surface area contributed by atoms with Gasteiger partial charge in [-0.3, -0.25) is 9.78 Å². The van der Waals surface area contributed by atoms with E-state index >= 15 is 0 Å². The molecule has 0 fully saturated rings. The number of rotatable bonds is 6. The second-order valence-electron chi connectivity index (χ2n) is 4.26. The third-order valence-corrected chi connectivity index (χ3v) is 2.70. The molecule has 5 heteroatoms. The average molecular weight is 233 g/mol. The van der Waals surface area contributed by atoms with Crippen LogP contribution in [0.4, 0.5) is 0 Å². The van der Waals surface area contributed by atoms with Gasteiger partial charge in [-0.15, -0.1) is 0 Å². The summed E-state index contributed by atoms with van der Waals surface area (Å²) in [5.41, 5.74) is 3.44. The van der Waals surface area contributed by atoms with Crippen LogP contribution >= 0.6 is 0 Å². The van der Waals surface area contributed by atoms with Gasteiger partial charge in [-0.2, -0.15) is 10.2 Å². The van der Waals surface area contributed by atoms with E-state index in [0.29, 0.717) is 0 Å². The number of H-pyrrole nitrogens is 1. The molecule has 92 valence electrons. The van der Waals surface area contributed by atoms with Gasteiger partial charge in [0.2, 0.25) is 0 Å². The van der Waals surface area contributed by atoms with Crippen molar-refractivity contribution >= 4 is 0 Å². The molecule has 0 atom stereocenters. The maximum atomic E-state index is 4.43. The zero-order valence-corrected chi connectivity index (χ0v) is 10.4. The smallest absolute Gasteiger partial charge is 0.0596 e. The molecule has 0 spiro atoms. The van der Waals surface area contributed by atoms with Crippen LogP contribution in [0.5, 0.6) is 0 Å². The quantitative estimate of drug-likeness (QED) is 0.742. The minimum atomic E-state index is 0.844. The van der Waals surface area contributed by atoms with E-state index in [1.807, 2.05) is 13.0 Å². The maximum Gasteiger partial charge on any atom is 0.0596 e. The monoisotopic (exact) mass is 233 g/mol. The van der Waals surface area contributed by atoms with E-state index in [0.717, 1.165) is 37.4 Å². The first-order valence-corrected chi connectivity index (χ1v) is 5.96. The first kappa shape index (κ1) is 11.9. The molecule has 2 heterocycles.